The van der Waals surface area contributed by atoms with Crippen molar-refractivity contribution in [2.45, 2.75) is 32.7 Å². The van der Waals surface area contributed by atoms with Crippen LogP contribution in [-0.4, -0.2) is 29.8 Å². The molecule has 0 aliphatic heterocycles. The standard InChI is InChI=1S/C23H27Cl2N3O3S.H2S/c1-3-4-13-30-23-21(24)15-20(16-22(23)25)31-32-27(2)18-6-8-19(9-7-18)29-14-5-11-28-12-10-26-17-28;/h6-10,12,15-17H,3-5,11,13-14H2,1-2H3;1H2. The summed E-state index contributed by atoms with van der Waals surface area (Å²) in [5.41, 5.74) is 0.970. The minimum absolute atomic E-state index is 0. The number of ether oxygens (including phenoxy) is 2. The molecule has 3 aromatic rings. The average Bonchev–Trinajstić information content (AvgIpc) is 3.31. The van der Waals surface area contributed by atoms with Crippen LogP contribution in [0.2, 0.25) is 10.0 Å². The van der Waals surface area contributed by atoms with Crippen LogP contribution in [0.4, 0.5) is 5.69 Å². The maximum absolute atomic E-state index is 6.31. The van der Waals surface area contributed by atoms with Crippen molar-refractivity contribution in [1.82, 2.24) is 9.55 Å². The van der Waals surface area contributed by atoms with E-state index in [4.69, 9.17) is 36.9 Å². The molecule has 1 heterocycles. The Balaban J connectivity index is 0.00000385. The average molecular weight is 531 g/mol. The zero-order valence-corrected chi connectivity index (χ0v) is 22.0. The summed E-state index contributed by atoms with van der Waals surface area (Å²) >= 11 is 13.8. The number of anilines is 1. The topological polar surface area (TPSA) is 48.8 Å². The van der Waals surface area contributed by atoms with Crippen LogP contribution in [0.15, 0.2) is 55.1 Å². The van der Waals surface area contributed by atoms with E-state index in [1.165, 1.54) is 12.2 Å². The zero-order chi connectivity index (χ0) is 22.8. The Labute approximate surface area is 216 Å². The summed E-state index contributed by atoms with van der Waals surface area (Å²) in [5, 5.41) is 0.864. The highest BCUT2D eigenvalue weighted by molar-refractivity contribution is 7.96. The minimum atomic E-state index is 0. The molecule has 1 aromatic heterocycles. The lowest BCUT2D eigenvalue weighted by Gasteiger charge is -2.18. The maximum Gasteiger partial charge on any atom is 0.179 e. The predicted molar refractivity (Wildman–Crippen MR) is 143 cm³/mol. The second kappa shape index (κ2) is 14.4. The molecule has 0 unspecified atom stereocenters. The fraction of sp³-hybridized carbons (Fsp3) is 0.348. The Bertz CT molecular complexity index is 937. The first-order valence-electron chi connectivity index (χ1n) is 10.5. The molecule has 0 radical (unpaired) electrons. The number of aryl methyl sites for hydroxylation is 1. The molecule has 0 saturated heterocycles. The van der Waals surface area contributed by atoms with E-state index in [-0.39, 0.29) is 13.5 Å². The van der Waals surface area contributed by atoms with E-state index in [0.717, 1.165) is 37.2 Å². The number of nitrogens with zero attached hydrogens (tertiary/aromatic N) is 3. The van der Waals surface area contributed by atoms with E-state index in [9.17, 15) is 0 Å². The first kappa shape index (κ1) is 27.4. The molecule has 6 nitrogen and oxygen atoms in total. The summed E-state index contributed by atoms with van der Waals surface area (Å²) in [4.78, 5) is 4.03. The third kappa shape index (κ3) is 8.77. The van der Waals surface area contributed by atoms with E-state index >= 15 is 0 Å². The maximum atomic E-state index is 6.31. The number of rotatable bonds is 13. The largest absolute Gasteiger partial charge is 0.494 e. The molecular formula is C23H29Cl2N3O3S2. The highest BCUT2D eigenvalue weighted by Crippen LogP contribution is 2.38. The second-order valence-corrected chi connectivity index (χ2v) is 8.75. The second-order valence-electron chi connectivity index (χ2n) is 7.07. The van der Waals surface area contributed by atoms with E-state index in [1.807, 2.05) is 52.7 Å². The van der Waals surface area contributed by atoms with Crippen molar-refractivity contribution in [3.63, 3.8) is 0 Å². The fourth-order valence-electron chi connectivity index (χ4n) is 2.79. The van der Waals surface area contributed by atoms with Gasteiger partial charge in [0.15, 0.2) is 18.0 Å². The highest BCUT2D eigenvalue weighted by atomic mass is 35.5. The molecule has 0 saturated carbocycles. The summed E-state index contributed by atoms with van der Waals surface area (Å²) in [7, 11) is 1.91. The van der Waals surface area contributed by atoms with Gasteiger partial charge in [0.1, 0.15) is 11.5 Å². The molecule has 2 aromatic carbocycles. The number of hydrogen-bond donors (Lipinski definition) is 0. The van der Waals surface area contributed by atoms with Crippen LogP contribution in [-0.2, 0) is 6.54 Å². The van der Waals surface area contributed by atoms with Gasteiger partial charge in [-0.3, -0.25) is 4.31 Å². The van der Waals surface area contributed by atoms with Crippen LogP contribution in [0.5, 0.6) is 17.2 Å². The first-order chi connectivity index (χ1) is 15.6. The molecule has 0 N–H and O–H groups in total. The lowest BCUT2D eigenvalue weighted by Crippen LogP contribution is -2.08. The summed E-state index contributed by atoms with van der Waals surface area (Å²) in [6.45, 7) is 4.21. The Morgan fingerprint density at radius 1 is 1.00 bits per heavy atom. The zero-order valence-electron chi connectivity index (χ0n) is 18.7. The minimum Gasteiger partial charge on any atom is -0.494 e. The van der Waals surface area contributed by atoms with Crippen molar-refractivity contribution < 1.29 is 13.7 Å². The van der Waals surface area contributed by atoms with Crippen LogP contribution in [0, 0.1) is 0 Å². The highest BCUT2D eigenvalue weighted by Gasteiger charge is 2.12. The number of hydrogen-bond acceptors (Lipinski definition) is 6. The van der Waals surface area contributed by atoms with Gasteiger partial charge in [0.2, 0.25) is 0 Å². The van der Waals surface area contributed by atoms with E-state index < -0.39 is 0 Å². The van der Waals surface area contributed by atoms with Crippen LogP contribution < -0.4 is 18.0 Å². The monoisotopic (exact) mass is 529 g/mol. The number of benzene rings is 2. The summed E-state index contributed by atoms with van der Waals surface area (Å²) < 4.78 is 21.2. The van der Waals surface area contributed by atoms with Crippen LogP contribution in [0.1, 0.15) is 26.2 Å². The smallest absolute Gasteiger partial charge is 0.179 e. The molecular weight excluding hydrogens is 501 g/mol. The van der Waals surface area contributed by atoms with Crippen molar-refractivity contribution in [2.75, 3.05) is 24.6 Å². The van der Waals surface area contributed by atoms with Crippen molar-refractivity contribution in [1.29, 1.82) is 0 Å². The molecule has 0 atom stereocenters. The Morgan fingerprint density at radius 2 is 1.70 bits per heavy atom. The number of unbranched alkanes of at least 4 members (excludes halogenated alkanes) is 1. The molecule has 10 heteroatoms. The van der Waals surface area contributed by atoms with Crippen molar-refractivity contribution >= 4 is 54.6 Å². The third-order valence-electron chi connectivity index (χ3n) is 4.55. The quantitative estimate of drug-likeness (QED) is 0.134. The number of imidazole rings is 1. The first-order valence-corrected chi connectivity index (χ1v) is 11.9. The van der Waals surface area contributed by atoms with Gasteiger partial charge in [-0.05, 0) is 37.1 Å². The third-order valence-corrected chi connectivity index (χ3v) is 5.81. The lowest BCUT2D eigenvalue weighted by atomic mass is 10.3. The summed E-state index contributed by atoms with van der Waals surface area (Å²) in [6.07, 6.45) is 8.43. The van der Waals surface area contributed by atoms with Gasteiger partial charge in [0.05, 0.1) is 29.6 Å². The van der Waals surface area contributed by atoms with Crippen LogP contribution >= 0.6 is 48.9 Å². The van der Waals surface area contributed by atoms with Gasteiger partial charge in [-0.1, -0.05) is 36.5 Å². The molecule has 0 amide bonds. The van der Waals surface area contributed by atoms with Crippen LogP contribution in [0.25, 0.3) is 0 Å². The molecule has 0 fully saturated rings. The molecule has 3 rings (SSSR count). The van der Waals surface area contributed by atoms with E-state index in [2.05, 4.69) is 11.9 Å². The Hall–Kier alpha value is -1.87. The molecule has 0 spiro atoms. The molecule has 0 aliphatic carbocycles. The Kier molecular flexibility index (Phi) is 11.9. The van der Waals surface area contributed by atoms with Gasteiger partial charge in [-0.25, -0.2) is 4.98 Å². The fourth-order valence-corrected chi connectivity index (χ4v) is 3.87. The number of aromatic nitrogens is 2. The summed E-state index contributed by atoms with van der Waals surface area (Å²) in [6, 6.07) is 11.3. The van der Waals surface area contributed by atoms with Crippen LogP contribution in [0.3, 0.4) is 0 Å². The SMILES string of the molecule is CCCCOc1c(Cl)cc(OSN(C)c2ccc(OCCCn3ccnc3)cc2)cc1Cl.S. The van der Waals surface area contributed by atoms with Gasteiger partial charge in [-0.2, -0.15) is 13.5 Å². The predicted octanol–water partition coefficient (Wildman–Crippen LogP) is 7.03. The molecule has 180 valence electrons. The van der Waals surface area contributed by atoms with Gasteiger partial charge < -0.3 is 18.2 Å². The van der Waals surface area contributed by atoms with Gasteiger partial charge in [0, 0.05) is 43.8 Å². The normalized spacial score (nSPS) is 10.4. The van der Waals surface area contributed by atoms with Gasteiger partial charge in [-0.15, -0.1) is 0 Å². The Morgan fingerprint density at radius 3 is 2.33 bits per heavy atom. The molecule has 33 heavy (non-hydrogen) atoms. The van der Waals surface area contributed by atoms with Gasteiger partial charge >= 0.3 is 0 Å². The number of halogens is 2. The van der Waals surface area contributed by atoms with E-state index in [0.29, 0.717) is 34.8 Å². The van der Waals surface area contributed by atoms with Crippen molar-refractivity contribution in [2.24, 2.45) is 0 Å². The lowest BCUT2D eigenvalue weighted by molar-refractivity contribution is 0.302. The van der Waals surface area contributed by atoms with Gasteiger partial charge in [0.25, 0.3) is 0 Å². The van der Waals surface area contributed by atoms with Crippen molar-refractivity contribution in [3.05, 3.63) is 65.2 Å². The van der Waals surface area contributed by atoms with Crippen molar-refractivity contribution in [3.8, 4) is 17.2 Å². The molecule has 0 bridgehead atoms. The summed E-state index contributed by atoms with van der Waals surface area (Å²) in [5.74, 6) is 1.88. The molecule has 0 aliphatic rings. The van der Waals surface area contributed by atoms with E-state index in [1.54, 1.807) is 18.3 Å².